The summed E-state index contributed by atoms with van der Waals surface area (Å²) in [7, 11) is 0. The summed E-state index contributed by atoms with van der Waals surface area (Å²) in [6.07, 6.45) is -1.67. The fourth-order valence-corrected chi connectivity index (χ4v) is 1.41. The van der Waals surface area contributed by atoms with Gasteiger partial charge in [-0.2, -0.15) is 13.2 Å². The molecule has 0 unspecified atom stereocenters. The highest BCUT2D eigenvalue weighted by atomic mass is 19.4. The maximum Gasteiger partial charge on any atom is 0.421 e. The number of ether oxygens (including phenoxy) is 1. The van der Waals surface area contributed by atoms with E-state index in [1.54, 1.807) is 0 Å². The van der Waals surface area contributed by atoms with Crippen molar-refractivity contribution in [2.75, 3.05) is 0 Å². The first-order chi connectivity index (χ1) is 7.52. The van der Waals surface area contributed by atoms with Crippen LogP contribution in [0.1, 0.15) is 24.1 Å². The molecule has 1 aliphatic carbocycles. The first-order valence-electron chi connectivity index (χ1n) is 4.94. The maximum atomic E-state index is 12.8. The molecule has 0 atom stereocenters. The number of pyridine rings is 1. The number of halogens is 3. The first-order valence-corrected chi connectivity index (χ1v) is 4.94. The molecule has 0 spiro atoms. The van der Waals surface area contributed by atoms with Gasteiger partial charge in [-0.15, -0.1) is 0 Å². The van der Waals surface area contributed by atoms with Gasteiger partial charge in [0.25, 0.3) is 0 Å². The normalized spacial score (nSPS) is 16.2. The summed E-state index contributed by atoms with van der Waals surface area (Å²) in [5.41, 5.74) is 4.23. The maximum absolute atomic E-state index is 12.8. The monoisotopic (exact) mass is 232 g/mol. The highest BCUT2D eigenvalue weighted by molar-refractivity contribution is 5.38. The van der Waals surface area contributed by atoms with E-state index in [9.17, 15) is 13.2 Å². The van der Waals surface area contributed by atoms with Gasteiger partial charge in [-0.3, -0.25) is 4.98 Å². The van der Waals surface area contributed by atoms with Gasteiger partial charge in [-0.05, 0) is 18.9 Å². The molecule has 0 aliphatic heterocycles. The van der Waals surface area contributed by atoms with E-state index in [0.717, 1.165) is 12.8 Å². The molecule has 2 rings (SSSR count). The highest BCUT2D eigenvalue weighted by Crippen LogP contribution is 2.40. The third-order valence-corrected chi connectivity index (χ3v) is 2.29. The average Bonchev–Trinajstić information content (AvgIpc) is 2.99. The molecule has 0 bridgehead atoms. The molecule has 1 aliphatic rings. The Bertz CT molecular complexity index is 388. The van der Waals surface area contributed by atoms with Crippen molar-refractivity contribution in [3.8, 4) is 5.75 Å². The zero-order valence-electron chi connectivity index (χ0n) is 8.42. The zero-order chi connectivity index (χ0) is 11.8. The molecular formula is C10H11F3N2O. The Hall–Kier alpha value is -1.30. The molecule has 2 N–H and O–H groups in total. The highest BCUT2D eigenvalue weighted by Gasteiger charge is 2.39. The molecule has 88 valence electrons. The minimum absolute atomic E-state index is 0.0888. The fourth-order valence-electron chi connectivity index (χ4n) is 1.41. The third-order valence-electron chi connectivity index (χ3n) is 2.29. The number of aromatic nitrogens is 1. The molecule has 1 fully saturated rings. The van der Waals surface area contributed by atoms with Gasteiger partial charge in [0, 0.05) is 12.7 Å². The molecular weight excluding hydrogens is 221 g/mol. The summed E-state index contributed by atoms with van der Waals surface area (Å²) in [6.45, 7) is -0.253. The topological polar surface area (TPSA) is 48.1 Å². The Kier molecular flexibility index (Phi) is 2.75. The van der Waals surface area contributed by atoms with Gasteiger partial charge in [-0.25, -0.2) is 0 Å². The fraction of sp³-hybridized carbons (Fsp3) is 0.500. The van der Waals surface area contributed by atoms with Gasteiger partial charge >= 0.3 is 6.18 Å². The lowest BCUT2D eigenvalue weighted by Gasteiger charge is -2.15. The second kappa shape index (κ2) is 3.93. The lowest BCUT2D eigenvalue weighted by Crippen LogP contribution is -2.16. The zero-order valence-corrected chi connectivity index (χ0v) is 8.42. The van der Waals surface area contributed by atoms with Crippen molar-refractivity contribution in [2.24, 2.45) is 5.73 Å². The molecule has 0 saturated heterocycles. The minimum atomic E-state index is -4.48. The van der Waals surface area contributed by atoms with E-state index in [0.29, 0.717) is 0 Å². The van der Waals surface area contributed by atoms with Crippen molar-refractivity contribution in [2.45, 2.75) is 31.7 Å². The molecule has 1 saturated carbocycles. The van der Waals surface area contributed by atoms with Crippen molar-refractivity contribution >= 4 is 0 Å². The van der Waals surface area contributed by atoms with Crippen LogP contribution in [0.2, 0.25) is 0 Å². The van der Waals surface area contributed by atoms with Gasteiger partial charge in [0.15, 0.2) is 0 Å². The molecule has 0 radical (unpaired) electrons. The van der Waals surface area contributed by atoms with Crippen LogP contribution in [0, 0.1) is 0 Å². The molecule has 0 amide bonds. The molecule has 1 aromatic rings. The van der Waals surface area contributed by atoms with Crippen molar-refractivity contribution in [3.05, 3.63) is 23.5 Å². The summed E-state index contributed by atoms with van der Waals surface area (Å²) in [6, 6.07) is 1.24. The number of alkyl halides is 3. The quantitative estimate of drug-likeness (QED) is 0.868. The Morgan fingerprint density at radius 1 is 1.44 bits per heavy atom. The van der Waals surface area contributed by atoms with Crippen LogP contribution < -0.4 is 10.5 Å². The Morgan fingerprint density at radius 2 is 2.12 bits per heavy atom. The molecule has 6 heteroatoms. The number of nitrogens with zero attached hydrogens (tertiary/aromatic N) is 1. The molecule has 1 heterocycles. The molecule has 0 aromatic carbocycles. The van der Waals surface area contributed by atoms with Gasteiger partial charge < -0.3 is 10.5 Å². The van der Waals surface area contributed by atoms with E-state index >= 15 is 0 Å². The minimum Gasteiger partial charge on any atom is -0.490 e. The van der Waals surface area contributed by atoms with E-state index in [4.69, 9.17) is 10.5 Å². The summed E-state index contributed by atoms with van der Waals surface area (Å²) in [4.78, 5) is 3.63. The Labute approximate surface area is 90.4 Å². The van der Waals surface area contributed by atoms with Crippen molar-refractivity contribution in [1.29, 1.82) is 0 Å². The third kappa shape index (κ3) is 2.27. The van der Waals surface area contributed by atoms with Crippen molar-refractivity contribution in [1.82, 2.24) is 4.98 Å². The van der Waals surface area contributed by atoms with Gasteiger partial charge in [0.05, 0.1) is 11.8 Å². The summed E-state index contributed by atoms with van der Waals surface area (Å²) >= 11 is 0. The number of hydrogen-bond donors (Lipinski definition) is 1. The first kappa shape index (κ1) is 11.2. The SMILES string of the molecule is NCc1nccc(OC2CC2)c1C(F)(F)F. The second-order valence-corrected chi connectivity index (χ2v) is 3.65. The largest absolute Gasteiger partial charge is 0.490 e. The van der Waals surface area contributed by atoms with Crippen LogP contribution in [0.5, 0.6) is 5.75 Å². The van der Waals surface area contributed by atoms with Gasteiger partial charge in [0.1, 0.15) is 11.3 Å². The second-order valence-electron chi connectivity index (χ2n) is 3.65. The molecule has 3 nitrogen and oxygen atoms in total. The van der Waals surface area contributed by atoms with Crippen LogP contribution in [-0.4, -0.2) is 11.1 Å². The average molecular weight is 232 g/mol. The van der Waals surface area contributed by atoms with Crippen LogP contribution in [0.3, 0.4) is 0 Å². The predicted octanol–water partition coefficient (Wildman–Crippen LogP) is 2.10. The van der Waals surface area contributed by atoms with Gasteiger partial charge in [0.2, 0.25) is 0 Å². The van der Waals surface area contributed by atoms with E-state index < -0.39 is 11.7 Å². The summed E-state index contributed by atoms with van der Waals surface area (Å²) < 4.78 is 43.6. The standard InChI is InChI=1S/C10H11F3N2O/c11-10(12,13)9-7(5-14)15-4-3-8(9)16-6-1-2-6/h3-4,6H,1-2,5,14H2. The van der Waals surface area contributed by atoms with Crippen LogP contribution >= 0.6 is 0 Å². The van der Waals surface area contributed by atoms with E-state index in [1.807, 2.05) is 0 Å². The summed E-state index contributed by atoms with van der Waals surface area (Å²) in [5.74, 6) is -0.162. The molecule has 1 aromatic heterocycles. The Balaban J connectivity index is 2.41. The van der Waals surface area contributed by atoms with E-state index in [1.165, 1.54) is 12.3 Å². The summed E-state index contributed by atoms with van der Waals surface area (Å²) in [5, 5.41) is 0. The van der Waals surface area contributed by atoms with Crippen LogP contribution in [0.15, 0.2) is 12.3 Å². The number of rotatable bonds is 3. The van der Waals surface area contributed by atoms with Gasteiger partial charge in [-0.1, -0.05) is 0 Å². The van der Waals surface area contributed by atoms with Crippen molar-refractivity contribution in [3.63, 3.8) is 0 Å². The van der Waals surface area contributed by atoms with E-state index in [-0.39, 0.29) is 24.1 Å². The predicted molar refractivity (Wildman–Crippen MR) is 50.8 cm³/mol. The number of hydrogen-bond acceptors (Lipinski definition) is 3. The van der Waals surface area contributed by atoms with E-state index in [2.05, 4.69) is 4.98 Å². The number of nitrogens with two attached hydrogens (primary N) is 1. The smallest absolute Gasteiger partial charge is 0.421 e. The van der Waals surface area contributed by atoms with Crippen LogP contribution in [0.25, 0.3) is 0 Å². The lowest BCUT2D eigenvalue weighted by molar-refractivity contribution is -0.139. The van der Waals surface area contributed by atoms with Crippen LogP contribution in [-0.2, 0) is 12.7 Å². The molecule has 16 heavy (non-hydrogen) atoms. The Morgan fingerprint density at radius 3 is 2.62 bits per heavy atom. The van der Waals surface area contributed by atoms with Crippen LogP contribution in [0.4, 0.5) is 13.2 Å². The van der Waals surface area contributed by atoms with Crippen molar-refractivity contribution < 1.29 is 17.9 Å². The lowest BCUT2D eigenvalue weighted by atomic mass is 10.1.